The lowest BCUT2D eigenvalue weighted by molar-refractivity contribution is 0.103. The van der Waals surface area contributed by atoms with Crippen molar-refractivity contribution in [2.75, 3.05) is 7.11 Å². The number of carbonyl (C=O) groups is 1. The lowest BCUT2D eigenvalue weighted by Crippen LogP contribution is -2.00. The molecule has 3 rings (SSSR count). The molecule has 4 nitrogen and oxygen atoms in total. The number of ether oxygens (including phenoxy) is 1. The quantitative estimate of drug-likeness (QED) is 0.606. The summed E-state index contributed by atoms with van der Waals surface area (Å²) in [5.41, 5.74) is 1.01. The fourth-order valence-electron chi connectivity index (χ4n) is 2.20. The molecule has 112 valence electrons. The number of aromatic hydroxyl groups is 1. The number of benzene rings is 2. The van der Waals surface area contributed by atoms with Gasteiger partial charge in [0.2, 0.25) is 5.78 Å². The summed E-state index contributed by atoms with van der Waals surface area (Å²) in [6.07, 6.45) is 0. The topological polar surface area (TPSA) is 59.7 Å². The number of fused-ring (bicyclic) bond motifs is 1. The molecule has 0 radical (unpaired) electrons. The molecule has 0 fully saturated rings. The highest BCUT2D eigenvalue weighted by Gasteiger charge is 2.23. The fraction of sp³-hybridized carbons (Fsp3) is 0.0625. The average molecular weight is 426 g/mol. The number of carbonyl (C=O) groups excluding carboxylic acids is 1. The van der Waals surface area contributed by atoms with Crippen LogP contribution >= 0.6 is 31.9 Å². The molecule has 1 aromatic heterocycles. The number of hydrogen-bond donors (Lipinski definition) is 1. The third-order valence-electron chi connectivity index (χ3n) is 3.31. The molecule has 0 saturated heterocycles. The summed E-state index contributed by atoms with van der Waals surface area (Å²) in [5, 5.41) is 10.6. The molecule has 0 saturated carbocycles. The Kier molecular flexibility index (Phi) is 3.97. The molecule has 0 unspecified atom stereocenters. The van der Waals surface area contributed by atoms with E-state index in [0.29, 0.717) is 26.8 Å². The van der Waals surface area contributed by atoms with Crippen molar-refractivity contribution in [2.24, 2.45) is 0 Å². The Bertz CT molecular complexity index is 866. The highest BCUT2D eigenvalue weighted by molar-refractivity contribution is 9.13. The lowest BCUT2D eigenvalue weighted by Gasteiger charge is -2.02. The Hall–Kier alpha value is -1.79. The number of ketones is 1. The van der Waals surface area contributed by atoms with Gasteiger partial charge in [0.1, 0.15) is 11.3 Å². The van der Waals surface area contributed by atoms with Crippen LogP contribution < -0.4 is 4.74 Å². The smallest absolute Gasteiger partial charge is 0.294 e. The highest BCUT2D eigenvalue weighted by atomic mass is 79.9. The first-order valence-corrected chi connectivity index (χ1v) is 7.89. The van der Waals surface area contributed by atoms with Crippen LogP contribution in [0.1, 0.15) is 15.9 Å². The summed E-state index contributed by atoms with van der Waals surface area (Å²) in [6.45, 7) is 0. The summed E-state index contributed by atoms with van der Waals surface area (Å²) in [5.74, 6) is -0.0488. The second-order valence-corrected chi connectivity index (χ2v) is 6.23. The van der Waals surface area contributed by atoms with Gasteiger partial charge in [-0.2, -0.15) is 0 Å². The largest absolute Gasteiger partial charge is 0.497 e. The van der Waals surface area contributed by atoms with E-state index in [0.717, 1.165) is 4.47 Å². The van der Waals surface area contributed by atoms with E-state index in [9.17, 15) is 9.90 Å². The first-order chi connectivity index (χ1) is 10.5. The Morgan fingerprint density at radius 1 is 1.14 bits per heavy atom. The minimum absolute atomic E-state index is 0.147. The molecule has 6 heteroatoms. The van der Waals surface area contributed by atoms with Gasteiger partial charge in [0.05, 0.1) is 11.6 Å². The molecule has 1 heterocycles. The number of halogens is 2. The number of rotatable bonds is 3. The molecule has 0 atom stereocenters. The maximum Gasteiger partial charge on any atom is 0.294 e. The average Bonchev–Trinajstić information content (AvgIpc) is 2.87. The normalized spacial score (nSPS) is 10.9. The Labute approximate surface area is 142 Å². The van der Waals surface area contributed by atoms with E-state index < -0.39 is 5.95 Å². The van der Waals surface area contributed by atoms with E-state index in [2.05, 4.69) is 31.9 Å². The highest BCUT2D eigenvalue weighted by Crippen LogP contribution is 2.39. The minimum atomic E-state index is -0.394. The molecule has 0 aliphatic carbocycles. The summed E-state index contributed by atoms with van der Waals surface area (Å²) in [7, 11) is 1.56. The summed E-state index contributed by atoms with van der Waals surface area (Å²) in [4.78, 5) is 12.7. The van der Waals surface area contributed by atoms with Gasteiger partial charge < -0.3 is 14.3 Å². The van der Waals surface area contributed by atoms with Crippen LogP contribution in [0, 0.1) is 0 Å². The van der Waals surface area contributed by atoms with Crippen molar-refractivity contribution in [3.05, 3.63) is 56.5 Å². The summed E-state index contributed by atoms with van der Waals surface area (Å²) < 4.78 is 11.8. The SMILES string of the molecule is COc1ccc(C(=O)c2c(O)oc3c(Br)c(Br)ccc23)cc1. The van der Waals surface area contributed by atoms with Gasteiger partial charge in [-0.15, -0.1) is 0 Å². The van der Waals surface area contributed by atoms with Gasteiger partial charge in [-0.25, -0.2) is 0 Å². The van der Waals surface area contributed by atoms with Crippen molar-refractivity contribution in [3.63, 3.8) is 0 Å². The molecule has 0 aliphatic rings. The first kappa shape index (κ1) is 15.1. The van der Waals surface area contributed by atoms with Crippen LogP contribution in [-0.2, 0) is 0 Å². The van der Waals surface area contributed by atoms with Crippen LogP contribution in [-0.4, -0.2) is 18.0 Å². The van der Waals surface area contributed by atoms with E-state index in [-0.39, 0.29) is 11.3 Å². The van der Waals surface area contributed by atoms with E-state index >= 15 is 0 Å². The van der Waals surface area contributed by atoms with Gasteiger partial charge in [-0.05, 0) is 68.3 Å². The van der Waals surface area contributed by atoms with Crippen LogP contribution in [0.25, 0.3) is 11.0 Å². The number of hydrogen-bond acceptors (Lipinski definition) is 4. The Morgan fingerprint density at radius 2 is 1.82 bits per heavy atom. The molecule has 0 amide bonds. The summed E-state index contributed by atoms with van der Waals surface area (Å²) >= 11 is 6.73. The molecular weight excluding hydrogens is 416 g/mol. The van der Waals surface area contributed by atoms with Gasteiger partial charge in [-0.1, -0.05) is 0 Å². The van der Waals surface area contributed by atoms with Gasteiger partial charge >= 0.3 is 0 Å². The first-order valence-electron chi connectivity index (χ1n) is 6.31. The zero-order chi connectivity index (χ0) is 15.9. The van der Waals surface area contributed by atoms with Crippen LogP contribution in [0.4, 0.5) is 0 Å². The van der Waals surface area contributed by atoms with E-state index in [4.69, 9.17) is 9.15 Å². The zero-order valence-electron chi connectivity index (χ0n) is 11.4. The van der Waals surface area contributed by atoms with Gasteiger partial charge in [0, 0.05) is 15.4 Å². The number of methoxy groups -OCH3 is 1. The Morgan fingerprint density at radius 3 is 2.45 bits per heavy atom. The zero-order valence-corrected chi connectivity index (χ0v) is 14.6. The fourth-order valence-corrected chi connectivity index (χ4v) is 2.94. The van der Waals surface area contributed by atoms with Crippen LogP contribution in [0.15, 0.2) is 49.8 Å². The molecule has 2 aromatic carbocycles. The predicted molar refractivity (Wildman–Crippen MR) is 89.7 cm³/mol. The molecule has 0 spiro atoms. The molecule has 1 N–H and O–H groups in total. The van der Waals surface area contributed by atoms with E-state index in [1.807, 2.05) is 0 Å². The Balaban J connectivity index is 2.14. The maximum absolute atomic E-state index is 12.7. The minimum Gasteiger partial charge on any atom is -0.497 e. The van der Waals surface area contributed by atoms with E-state index in [1.165, 1.54) is 0 Å². The van der Waals surface area contributed by atoms with Crippen LogP contribution in [0.5, 0.6) is 11.7 Å². The van der Waals surface area contributed by atoms with E-state index in [1.54, 1.807) is 43.5 Å². The third kappa shape index (κ3) is 2.42. The monoisotopic (exact) mass is 424 g/mol. The second kappa shape index (κ2) is 5.78. The van der Waals surface area contributed by atoms with Crippen molar-refractivity contribution >= 4 is 48.6 Å². The van der Waals surface area contributed by atoms with Gasteiger partial charge in [0.15, 0.2) is 5.58 Å². The molecule has 3 aromatic rings. The third-order valence-corrected chi connectivity index (χ3v) is 5.29. The second-order valence-electron chi connectivity index (χ2n) is 4.58. The number of furan rings is 1. The molecule has 0 bridgehead atoms. The van der Waals surface area contributed by atoms with Gasteiger partial charge in [-0.3, -0.25) is 4.79 Å². The maximum atomic E-state index is 12.7. The molecule has 22 heavy (non-hydrogen) atoms. The van der Waals surface area contributed by atoms with Crippen molar-refractivity contribution in [3.8, 4) is 11.7 Å². The van der Waals surface area contributed by atoms with Gasteiger partial charge in [0.25, 0.3) is 5.95 Å². The lowest BCUT2D eigenvalue weighted by atomic mass is 10.0. The van der Waals surface area contributed by atoms with Crippen molar-refractivity contribution in [2.45, 2.75) is 0 Å². The predicted octanol–water partition coefficient (Wildman–Crippen LogP) is 4.90. The van der Waals surface area contributed by atoms with Crippen molar-refractivity contribution in [1.82, 2.24) is 0 Å². The summed E-state index contributed by atoms with van der Waals surface area (Å²) in [6, 6.07) is 10.2. The van der Waals surface area contributed by atoms with Crippen LogP contribution in [0.3, 0.4) is 0 Å². The molecular formula is C16H10Br2O4. The van der Waals surface area contributed by atoms with Crippen molar-refractivity contribution < 1.29 is 19.1 Å². The van der Waals surface area contributed by atoms with Crippen LogP contribution in [0.2, 0.25) is 0 Å². The molecule has 0 aliphatic heterocycles. The standard InChI is InChI=1S/C16H10Br2O4/c1-21-9-4-2-8(3-5-9)14(19)12-10-6-7-11(17)13(18)15(10)22-16(12)20/h2-7,20H,1H3. The van der Waals surface area contributed by atoms with Crippen molar-refractivity contribution in [1.29, 1.82) is 0 Å².